The first kappa shape index (κ1) is 10.7. The molecule has 1 heterocycles. The predicted molar refractivity (Wildman–Crippen MR) is 78.3 cm³/mol. The molecule has 0 nitrogen and oxygen atoms in total. The van der Waals surface area contributed by atoms with Crippen LogP contribution in [0.25, 0.3) is 0 Å². The van der Waals surface area contributed by atoms with Crippen molar-refractivity contribution < 1.29 is 0 Å². The van der Waals surface area contributed by atoms with Crippen LogP contribution in [-0.2, 0) is 5.75 Å². The van der Waals surface area contributed by atoms with Crippen molar-refractivity contribution in [2.45, 2.75) is 14.6 Å². The van der Waals surface area contributed by atoms with E-state index in [1.54, 1.807) is 0 Å². The average molecular weight is 338 g/mol. The van der Waals surface area contributed by atoms with Gasteiger partial charge in [-0.15, -0.1) is 11.8 Å². The van der Waals surface area contributed by atoms with Crippen molar-refractivity contribution in [2.75, 3.05) is 0 Å². The van der Waals surface area contributed by atoms with Crippen molar-refractivity contribution in [3.05, 3.63) is 65.2 Å². The molecule has 0 spiro atoms. The van der Waals surface area contributed by atoms with Gasteiger partial charge >= 0.3 is 0 Å². The Hall–Kier alpha value is -0.480. The Kier molecular flexibility index (Phi) is 2.94. The highest BCUT2D eigenvalue weighted by molar-refractivity contribution is 14.1. The maximum atomic E-state index is 2.55. The molecule has 0 bridgehead atoms. The Morgan fingerprint density at radius 2 is 1.62 bits per heavy atom. The SMILES string of the molecule is IC1c2ccccc2CSc2ccccc21. The maximum Gasteiger partial charge on any atom is 0.0622 e. The third-order valence-corrected chi connectivity index (χ3v) is 5.38. The molecule has 2 aromatic rings. The first-order chi connectivity index (χ1) is 7.86. The van der Waals surface area contributed by atoms with Crippen LogP contribution >= 0.6 is 34.4 Å². The fraction of sp³-hybridized carbons (Fsp3) is 0.143. The third-order valence-electron chi connectivity index (χ3n) is 2.90. The molecular formula is C14H11IS. The maximum absolute atomic E-state index is 2.55. The summed E-state index contributed by atoms with van der Waals surface area (Å²) < 4.78 is 0.486. The van der Waals surface area contributed by atoms with Gasteiger partial charge in [0.2, 0.25) is 0 Å². The Labute approximate surface area is 114 Å². The second kappa shape index (κ2) is 4.41. The summed E-state index contributed by atoms with van der Waals surface area (Å²) in [6.45, 7) is 0. The van der Waals surface area contributed by atoms with Crippen LogP contribution in [0, 0.1) is 0 Å². The Balaban J connectivity index is 2.18. The Bertz CT molecular complexity index is 474. The molecule has 1 aliphatic heterocycles. The van der Waals surface area contributed by atoms with E-state index in [0.29, 0.717) is 3.92 Å². The van der Waals surface area contributed by atoms with Crippen molar-refractivity contribution in [2.24, 2.45) is 0 Å². The average Bonchev–Trinajstić information content (AvgIpc) is 2.49. The molecule has 1 unspecified atom stereocenters. The van der Waals surface area contributed by atoms with E-state index in [1.807, 2.05) is 11.8 Å². The molecule has 3 rings (SSSR count). The molecule has 0 saturated carbocycles. The number of alkyl halides is 1. The number of benzene rings is 2. The summed E-state index contributed by atoms with van der Waals surface area (Å²) in [5.74, 6) is 1.09. The van der Waals surface area contributed by atoms with E-state index in [1.165, 1.54) is 21.6 Å². The molecule has 0 N–H and O–H groups in total. The number of hydrogen-bond donors (Lipinski definition) is 0. The van der Waals surface area contributed by atoms with E-state index in [4.69, 9.17) is 0 Å². The van der Waals surface area contributed by atoms with Gasteiger partial charge in [0, 0.05) is 10.6 Å². The normalized spacial score (nSPS) is 18.4. The van der Waals surface area contributed by atoms with Gasteiger partial charge in [-0.3, -0.25) is 0 Å². The van der Waals surface area contributed by atoms with E-state index in [-0.39, 0.29) is 0 Å². The Morgan fingerprint density at radius 3 is 2.50 bits per heavy atom. The minimum absolute atomic E-state index is 0.486. The molecule has 0 saturated heterocycles. The zero-order chi connectivity index (χ0) is 11.0. The zero-order valence-corrected chi connectivity index (χ0v) is 11.7. The van der Waals surface area contributed by atoms with Crippen LogP contribution in [0.4, 0.5) is 0 Å². The molecule has 1 aliphatic rings. The van der Waals surface area contributed by atoms with Crippen LogP contribution in [0.1, 0.15) is 20.6 Å². The molecule has 0 aliphatic carbocycles. The fourth-order valence-electron chi connectivity index (χ4n) is 2.06. The van der Waals surface area contributed by atoms with Gasteiger partial charge < -0.3 is 0 Å². The summed E-state index contributed by atoms with van der Waals surface area (Å²) in [5.41, 5.74) is 4.40. The number of rotatable bonds is 0. The number of halogens is 1. The highest BCUT2D eigenvalue weighted by Gasteiger charge is 2.20. The number of hydrogen-bond acceptors (Lipinski definition) is 1. The summed E-state index contributed by atoms with van der Waals surface area (Å²) in [7, 11) is 0. The number of thioether (sulfide) groups is 1. The van der Waals surface area contributed by atoms with Gasteiger partial charge in [-0.2, -0.15) is 0 Å². The quantitative estimate of drug-likeness (QED) is 0.490. The molecule has 2 aromatic carbocycles. The lowest BCUT2D eigenvalue weighted by Crippen LogP contribution is -1.94. The summed E-state index contributed by atoms with van der Waals surface area (Å²) >= 11 is 4.50. The van der Waals surface area contributed by atoms with Gasteiger partial charge in [0.15, 0.2) is 0 Å². The smallest absolute Gasteiger partial charge is 0.0622 e. The molecule has 0 amide bonds. The lowest BCUT2D eigenvalue weighted by atomic mass is 10.0. The molecular weight excluding hydrogens is 327 g/mol. The second-order valence-corrected chi connectivity index (χ2v) is 6.15. The van der Waals surface area contributed by atoms with Crippen LogP contribution in [0.5, 0.6) is 0 Å². The van der Waals surface area contributed by atoms with Crippen LogP contribution in [0.15, 0.2) is 53.4 Å². The van der Waals surface area contributed by atoms with Crippen LogP contribution in [0.3, 0.4) is 0 Å². The molecule has 0 fully saturated rings. The molecule has 2 heteroatoms. The topological polar surface area (TPSA) is 0 Å². The molecule has 0 radical (unpaired) electrons. The monoisotopic (exact) mass is 338 g/mol. The highest BCUT2D eigenvalue weighted by Crippen LogP contribution is 2.43. The van der Waals surface area contributed by atoms with E-state index < -0.39 is 0 Å². The highest BCUT2D eigenvalue weighted by atomic mass is 127. The lowest BCUT2D eigenvalue weighted by Gasteiger charge is -2.12. The second-order valence-electron chi connectivity index (χ2n) is 3.89. The van der Waals surface area contributed by atoms with Gasteiger partial charge in [-0.25, -0.2) is 0 Å². The van der Waals surface area contributed by atoms with Crippen LogP contribution in [-0.4, -0.2) is 0 Å². The van der Waals surface area contributed by atoms with E-state index in [0.717, 1.165) is 5.75 Å². The third kappa shape index (κ3) is 1.78. The van der Waals surface area contributed by atoms with Crippen molar-refractivity contribution in [1.82, 2.24) is 0 Å². The predicted octanol–water partition coefficient (Wildman–Crippen LogP) is 4.82. The molecule has 16 heavy (non-hydrogen) atoms. The first-order valence-corrected chi connectivity index (χ1v) is 7.53. The molecule has 0 aromatic heterocycles. The molecule has 1 atom stereocenters. The van der Waals surface area contributed by atoms with E-state index >= 15 is 0 Å². The van der Waals surface area contributed by atoms with Gasteiger partial charge in [-0.05, 0) is 22.8 Å². The van der Waals surface area contributed by atoms with Crippen LogP contribution < -0.4 is 0 Å². The summed E-state index contributed by atoms with van der Waals surface area (Å²) in [6.07, 6.45) is 0. The minimum Gasteiger partial charge on any atom is -0.121 e. The standard InChI is InChI=1S/C14H11IS/c15-14-11-6-2-1-5-10(11)9-16-13-8-4-3-7-12(13)14/h1-8,14H,9H2. The molecule has 80 valence electrons. The fourth-order valence-corrected chi connectivity index (χ4v) is 4.52. The van der Waals surface area contributed by atoms with Crippen molar-refractivity contribution in [3.8, 4) is 0 Å². The van der Waals surface area contributed by atoms with E-state index in [9.17, 15) is 0 Å². The summed E-state index contributed by atoms with van der Waals surface area (Å²) in [4.78, 5) is 1.43. The van der Waals surface area contributed by atoms with Crippen molar-refractivity contribution in [3.63, 3.8) is 0 Å². The van der Waals surface area contributed by atoms with Gasteiger partial charge in [0.1, 0.15) is 0 Å². The van der Waals surface area contributed by atoms with E-state index in [2.05, 4.69) is 71.1 Å². The number of fused-ring (bicyclic) bond motifs is 2. The minimum atomic E-state index is 0.486. The van der Waals surface area contributed by atoms with Gasteiger partial charge in [0.05, 0.1) is 3.92 Å². The largest absolute Gasteiger partial charge is 0.121 e. The summed E-state index contributed by atoms with van der Waals surface area (Å²) in [6, 6.07) is 17.5. The van der Waals surface area contributed by atoms with Gasteiger partial charge in [0.25, 0.3) is 0 Å². The van der Waals surface area contributed by atoms with Crippen molar-refractivity contribution in [1.29, 1.82) is 0 Å². The zero-order valence-electron chi connectivity index (χ0n) is 8.69. The van der Waals surface area contributed by atoms with Crippen molar-refractivity contribution >= 4 is 34.4 Å². The Morgan fingerprint density at radius 1 is 0.938 bits per heavy atom. The van der Waals surface area contributed by atoms with Gasteiger partial charge in [-0.1, -0.05) is 65.1 Å². The van der Waals surface area contributed by atoms with Crippen LogP contribution in [0.2, 0.25) is 0 Å². The summed E-state index contributed by atoms with van der Waals surface area (Å²) in [5, 5.41) is 0. The lowest BCUT2D eigenvalue weighted by molar-refractivity contribution is 1.13. The first-order valence-electron chi connectivity index (χ1n) is 5.30.